The summed E-state index contributed by atoms with van der Waals surface area (Å²) >= 11 is 0. The van der Waals surface area contributed by atoms with Gasteiger partial charge >= 0.3 is 0 Å². The summed E-state index contributed by atoms with van der Waals surface area (Å²) in [7, 11) is -0.767. The molecule has 1 aromatic carbocycles. The van der Waals surface area contributed by atoms with Gasteiger partial charge in [0.05, 0.1) is 4.90 Å². The molecule has 8 heteroatoms. The van der Waals surface area contributed by atoms with Crippen LogP contribution in [0.2, 0.25) is 0 Å². The number of hydrogen-bond acceptors (Lipinski definition) is 4. The Balaban J connectivity index is 2.34. The summed E-state index contributed by atoms with van der Waals surface area (Å²) < 4.78 is 25.3. The number of hydrogen-bond donors (Lipinski definition) is 1. The minimum atomic E-state index is -3.62. The van der Waals surface area contributed by atoms with Gasteiger partial charge in [-0.1, -0.05) is 6.07 Å². The number of nitrogens with zero attached hydrogens (tertiary/aromatic N) is 2. The number of benzene rings is 1. The van der Waals surface area contributed by atoms with E-state index in [1.165, 1.54) is 43.3 Å². The summed E-state index contributed by atoms with van der Waals surface area (Å²) in [5.41, 5.74) is 5.54. The number of carbonyl (C=O) groups excluding carboxylic acids is 2. The van der Waals surface area contributed by atoms with E-state index in [2.05, 4.69) is 0 Å². The molecule has 0 unspecified atom stereocenters. The molecule has 1 aromatic rings. The molecular weight excluding hydrogens is 306 g/mol. The molecular formula is C14H19N3O4S. The van der Waals surface area contributed by atoms with E-state index in [1.807, 2.05) is 0 Å². The highest BCUT2D eigenvalue weighted by molar-refractivity contribution is 7.89. The van der Waals surface area contributed by atoms with Crippen molar-refractivity contribution in [3.8, 4) is 0 Å². The molecule has 22 heavy (non-hydrogen) atoms. The standard InChI is InChI=1S/C14H19N3O4S/c1-16(2)22(20,21)11-6-3-5-10(9-11)14(19)17-8-4-7-12(17)13(15)18/h3,5-6,9,12H,4,7-8H2,1-2H3,(H2,15,18)/t12-/m1/s1. The van der Waals surface area contributed by atoms with Crippen LogP contribution in [0.3, 0.4) is 0 Å². The van der Waals surface area contributed by atoms with Crippen LogP contribution in [0.25, 0.3) is 0 Å². The van der Waals surface area contributed by atoms with Crippen LogP contribution in [-0.4, -0.2) is 56.1 Å². The fraction of sp³-hybridized carbons (Fsp3) is 0.429. The number of likely N-dealkylation sites (tertiary alicyclic amines) is 1. The molecule has 2 N–H and O–H groups in total. The molecule has 2 amide bonds. The first-order valence-electron chi connectivity index (χ1n) is 6.88. The molecule has 7 nitrogen and oxygen atoms in total. The van der Waals surface area contributed by atoms with Crippen LogP contribution in [0.15, 0.2) is 29.2 Å². The highest BCUT2D eigenvalue weighted by Crippen LogP contribution is 2.22. The number of amides is 2. The average Bonchev–Trinajstić information content (AvgIpc) is 2.96. The first-order chi connectivity index (χ1) is 10.2. The Labute approximate surface area is 129 Å². The summed E-state index contributed by atoms with van der Waals surface area (Å²) in [4.78, 5) is 25.4. The number of nitrogens with two attached hydrogens (primary N) is 1. The maximum Gasteiger partial charge on any atom is 0.254 e. The molecule has 0 aromatic heterocycles. The summed E-state index contributed by atoms with van der Waals surface area (Å²) in [6.45, 7) is 0.442. The Kier molecular flexibility index (Phi) is 4.52. The zero-order valence-electron chi connectivity index (χ0n) is 12.5. The number of carbonyl (C=O) groups is 2. The van der Waals surface area contributed by atoms with Gasteiger partial charge in [-0.25, -0.2) is 12.7 Å². The smallest absolute Gasteiger partial charge is 0.254 e. The SMILES string of the molecule is CN(C)S(=O)(=O)c1cccc(C(=O)N2CCC[C@@H]2C(N)=O)c1. The summed E-state index contributed by atoms with van der Waals surface area (Å²) in [6, 6.07) is 5.18. The third-order valence-corrected chi connectivity index (χ3v) is 5.51. The Bertz CT molecular complexity index is 700. The van der Waals surface area contributed by atoms with Gasteiger partial charge in [0, 0.05) is 26.2 Å². The minimum absolute atomic E-state index is 0.0400. The highest BCUT2D eigenvalue weighted by atomic mass is 32.2. The van der Waals surface area contributed by atoms with Crippen LogP contribution in [0, 0.1) is 0 Å². The number of primary amides is 1. The maximum absolute atomic E-state index is 12.5. The molecule has 2 rings (SSSR count). The molecule has 1 heterocycles. The molecule has 1 atom stereocenters. The Morgan fingerprint density at radius 1 is 1.32 bits per heavy atom. The van der Waals surface area contributed by atoms with Crippen LogP contribution in [0.4, 0.5) is 0 Å². The molecule has 1 fully saturated rings. The van der Waals surface area contributed by atoms with E-state index < -0.39 is 22.0 Å². The Morgan fingerprint density at radius 3 is 2.59 bits per heavy atom. The van der Waals surface area contributed by atoms with Crippen LogP contribution in [-0.2, 0) is 14.8 Å². The van der Waals surface area contributed by atoms with Crippen LogP contribution < -0.4 is 5.73 Å². The van der Waals surface area contributed by atoms with Crippen LogP contribution in [0.1, 0.15) is 23.2 Å². The fourth-order valence-corrected chi connectivity index (χ4v) is 3.42. The van der Waals surface area contributed by atoms with Crippen LogP contribution in [0.5, 0.6) is 0 Å². The van der Waals surface area contributed by atoms with Gasteiger partial charge < -0.3 is 10.6 Å². The lowest BCUT2D eigenvalue weighted by molar-refractivity contribution is -0.121. The molecule has 1 aliphatic heterocycles. The maximum atomic E-state index is 12.5. The predicted octanol–water partition coefficient (Wildman–Crippen LogP) is 0.0268. The highest BCUT2D eigenvalue weighted by Gasteiger charge is 2.33. The van der Waals surface area contributed by atoms with E-state index in [0.29, 0.717) is 19.4 Å². The Hall–Kier alpha value is -1.93. The van der Waals surface area contributed by atoms with Crippen molar-refractivity contribution in [3.05, 3.63) is 29.8 Å². The first-order valence-corrected chi connectivity index (χ1v) is 8.32. The van der Waals surface area contributed by atoms with Crippen LogP contribution >= 0.6 is 0 Å². The van der Waals surface area contributed by atoms with E-state index in [4.69, 9.17) is 5.73 Å². The lowest BCUT2D eigenvalue weighted by Crippen LogP contribution is -2.43. The number of sulfonamides is 1. The zero-order valence-corrected chi connectivity index (χ0v) is 13.3. The van der Waals surface area contributed by atoms with Gasteiger partial charge in [-0.2, -0.15) is 0 Å². The van der Waals surface area contributed by atoms with E-state index >= 15 is 0 Å². The quantitative estimate of drug-likeness (QED) is 0.843. The minimum Gasteiger partial charge on any atom is -0.368 e. The van der Waals surface area contributed by atoms with Gasteiger partial charge in [-0.05, 0) is 31.0 Å². The lowest BCUT2D eigenvalue weighted by atomic mass is 10.1. The molecule has 0 radical (unpaired) electrons. The third kappa shape index (κ3) is 2.97. The van der Waals surface area contributed by atoms with Gasteiger partial charge in [-0.3, -0.25) is 9.59 Å². The van der Waals surface area contributed by atoms with Gasteiger partial charge in [0.25, 0.3) is 5.91 Å². The predicted molar refractivity (Wildman–Crippen MR) is 80.6 cm³/mol. The summed E-state index contributed by atoms with van der Waals surface area (Å²) in [6.07, 6.45) is 1.24. The van der Waals surface area contributed by atoms with Gasteiger partial charge in [0.2, 0.25) is 15.9 Å². The molecule has 0 aliphatic carbocycles. The third-order valence-electron chi connectivity index (χ3n) is 3.70. The van der Waals surface area contributed by atoms with Gasteiger partial charge in [0.1, 0.15) is 6.04 Å². The van der Waals surface area contributed by atoms with E-state index in [9.17, 15) is 18.0 Å². The molecule has 1 saturated heterocycles. The Morgan fingerprint density at radius 2 is 2.00 bits per heavy atom. The van der Waals surface area contributed by atoms with Crippen molar-refractivity contribution in [1.82, 2.24) is 9.21 Å². The van der Waals surface area contributed by atoms with E-state index in [-0.39, 0.29) is 16.4 Å². The zero-order chi connectivity index (χ0) is 16.5. The van der Waals surface area contributed by atoms with E-state index in [0.717, 1.165) is 4.31 Å². The van der Waals surface area contributed by atoms with Crippen molar-refractivity contribution in [2.24, 2.45) is 5.73 Å². The molecule has 0 bridgehead atoms. The summed E-state index contributed by atoms with van der Waals surface area (Å²) in [5, 5.41) is 0. The second-order valence-corrected chi connectivity index (χ2v) is 7.53. The van der Waals surface area contributed by atoms with Gasteiger partial charge in [-0.15, -0.1) is 0 Å². The second-order valence-electron chi connectivity index (χ2n) is 5.37. The lowest BCUT2D eigenvalue weighted by Gasteiger charge is -2.22. The summed E-state index contributed by atoms with van der Waals surface area (Å²) in [5.74, 6) is -0.917. The van der Waals surface area contributed by atoms with E-state index in [1.54, 1.807) is 0 Å². The average molecular weight is 325 g/mol. The fourth-order valence-electron chi connectivity index (χ4n) is 2.47. The molecule has 1 aliphatic rings. The number of rotatable bonds is 4. The topological polar surface area (TPSA) is 101 Å². The van der Waals surface area contributed by atoms with Gasteiger partial charge in [0.15, 0.2) is 0 Å². The molecule has 0 saturated carbocycles. The van der Waals surface area contributed by atoms with Crippen molar-refractivity contribution < 1.29 is 18.0 Å². The molecule has 0 spiro atoms. The van der Waals surface area contributed by atoms with Crippen molar-refractivity contribution in [3.63, 3.8) is 0 Å². The monoisotopic (exact) mass is 325 g/mol. The second kappa shape index (κ2) is 6.05. The van der Waals surface area contributed by atoms with Crippen molar-refractivity contribution >= 4 is 21.8 Å². The normalized spacial score (nSPS) is 18.7. The first kappa shape index (κ1) is 16.4. The molecule has 120 valence electrons. The van der Waals surface area contributed by atoms with Crippen molar-refractivity contribution in [1.29, 1.82) is 0 Å². The van der Waals surface area contributed by atoms with Crippen molar-refractivity contribution in [2.45, 2.75) is 23.8 Å². The largest absolute Gasteiger partial charge is 0.368 e. The van der Waals surface area contributed by atoms with Crippen molar-refractivity contribution in [2.75, 3.05) is 20.6 Å².